The van der Waals surface area contributed by atoms with Gasteiger partial charge in [0.25, 0.3) is 5.56 Å². The maximum absolute atomic E-state index is 12.1. The molecule has 1 aromatic heterocycles. The molecule has 2 aromatic carbocycles. The molecular formula is C20H19N3O2. The molecule has 0 aliphatic carbocycles. The summed E-state index contributed by atoms with van der Waals surface area (Å²) in [6.07, 6.45) is 3.45. The van der Waals surface area contributed by atoms with E-state index in [9.17, 15) is 4.79 Å². The van der Waals surface area contributed by atoms with Crippen LogP contribution >= 0.6 is 0 Å². The molecule has 0 amide bonds. The highest BCUT2D eigenvalue weighted by Gasteiger charge is 2.05. The van der Waals surface area contributed by atoms with Crippen LogP contribution in [0.5, 0.6) is 5.75 Å². The first-order chi connectivity index (χ1) is 12.3. The molecule has 0 bridgehead atoms. The fourth-order valence-corrected chi connectivity index (χ4v) is 2.61. The van der Waals surface area contributed by atoms with Crippen LogP contribution < -0.4 is 10.3 Å². The molecule has 0 aliphatic heterocycles. The molecule has 25 heavy (non-hydrogen) atoms. The van der Waals surface area contributed by atoms with Gasteiger partial charge in [-0.15, -0.1) is 0 Å². The third-order valence-corrected chi connectivity index (χ3v) is 3.94. The third-order valence-electron chi connectivity index (χ3n) is 3.94. The fourth-order valence-electron chi connectivity index (χ4n) is 2.61. The molecular weight excluding hydrogens is 314 g/mol. The molecule has 0 unspecified atom stereocenters. The zero-order valence-electron chi connectivity index (χ0n) is 13.9. The van der Waals surface area contributed by atoms with Crippen molar-refractivity contribution >= 4 is 10.9 Å². The van der Waals surface area contributed by atoms with Gasteiger partial charge in [0.2, 0.25) is 0 Å². The molecule has 5 nitrogen and oxygen atoms in total. The number of hydrogen-bond acceptors (Lipinski definition) is 4. The van der Waals surface area contributed by atoms with E-state index < -0.39 is 0 Å². The smallest absolute Gasteiger partial charge is 0.259 e. The first kappa shape index (κ1) is 16.7. The van der Waals surface area contributed by atoms with Gasteiger partial charge in [-0.2, -0.15) is 5.26 Å². The number of nitrogens with one attached hydrogen (secondary N) is 1. The minimum atomic E-state index is -0.140. The summed E-state index contributed by atoms with van der Waals surface area (Å²) in [6, 6.07) is 17.0. The zero-order valence-corrected chi connectivity index (χ0v) is 13.9. The Labute approximate surface area is 145 Å². The lowest BCUT2D eigenvalue weighted by atomic mass is 10.2. The van der Waals surface area contributed by atoms with Crippen LogP contribution in [0.3, 0.4) is 0 Å². The molecule has 1 N–H and O–H groups in total. The van der Waals surface area contributed by atoms with Crippen LogP contribution in [0, 0.1) is 11.3 Å². The Morgan fingerprint density at radius 1 is 1.04 bits per heavy atom. The lowest BCUT2D eigenvalue weighted by Crippen LogP contribution is -2.09. The van der Waals surface area contributed by atoms with Gasteiger partial charge in [-0.05, 0) is 55.7 Å². The highest BCUT2D eigenvalue weighted by molar-refractivity contribution is 5.79. The summed E-state index contributed by atoms with van der Waals surface area (Å²) in [4.78, 5) is 19.5. The van der Waals surface area contributed by atoms with Crippen molar-refractivity contribution in [3.8, 4) is 23.2 Å². The molecule has 0 spiro atoms. The highest BCUT2D eigenvalue weighted by Crippen LogP contribution is 2.20. The maximum atomic E-state index is 12.1. The van der Waals surface area contributed by atoms with Crippen molar-refractivity contribution in [1.29, 1.82) is 5.26 Å². The van der Waals surface area contributed by atoms with Gasteiger partial charge < -0.3 is 9.72 Å². The average molecular weight is 333 g/mol. The first-order valence-electron chi connectivity index (χ1n) is 8.37. The van der Waals surface area contributed by atoms with Crippen LogP contribution in [0.4, 0.5) is 0 Å². The molecule has 0 radical (unpaired) electrons. The van der Waals surface area contributed by atoms with Crippen molar-refractivity contribution in [3.63, 3.8) is 0 Å². The number of benzene rings is 2. The number of H-pyrrole nitrogens is 1. The number of nitrogens with zero attached hydrogens (tertiary/aromatic N) is 2. The summed E-state index contributed by atoms with van der Waals surface area (Å²) in [7, 11) is 0. The van der Waals surface area contributed by atoms with Gasteiger partial charge in [0.05, 0.1) is 23.6 Å². The van der Waals surface area contributed by atoms with E-state index in [1.807, 2.05) is 42.5 Å². The summed E-state index contributed by atoms with van der Waals surface area (Å²) >= 11 is 0. The predicted octanol–water partition coefficient (Wildman–Crippen LogP) is 4.05. The van der Waals surface area contributed by atoms with Crippen LogP contribution in [0.15, 0.2) is 53.3 Å². The maximum Gasteiger partial charge on any atom is 0.259 e. The van der Waals surface area contributed by atoms with Crippen LogP contribution in [-0.4, -0.2) is 16.6 Å². The summed E-state index contributed by atoms with van der Waals surface area (Å²) in [5.41, 5.74) is 1.38. The predicted molar refractivity (Wildman–Crippen MR) is 97.4 cm³/mol. The Kier molecular flexibility index (Phi) is 5.43. The zero-order chi connectivity index (χ0) is 17.5. The van der Waals surface area contributed by atoms with Gasteiger partial charge in [-0.25, -0.2) is 4.98 Å². The molecule has 1 heterocycles. The van der Waals surface area contributed by atoms with Crippen molar-refractivity contribution in [3.05, 3.63) is 58.9 Å². The fraction of sp³-hybridized carbons (Fsp3) is 0.250. The van der Waals surface area contributed by atoms with E-state index in [0.717, 1.165) is 30.6 Å². The number of rotatable bonds is 7. The Morgan fingerprint density at radius 3 is 2.64 bits per heavy atom. The molecule has 5 heteroatoms. The van der Waals surface area contributed by atoms with Gasteiger partial charge >= 0.3 is 0 Å². The van der Waals surface area contributed by atoms with Gasteiger partial charge in [0, 0.05) is 12.0 Å². The number of aromatic nitrogens is 2. The number of nitriles is 1. The monoisotopic (exact) mass is 333 g/mol. The van der Waals surface area contributed by atoms with Crippen molar-refractivity contribution in [1.82, 2.24) is 9.97 Å². The van der Waals surface area contributed by atoms with E-state index in [1.54, 1.807) is 6.07 Å². The average Bonchev–Trinajstić information content (AvgIpc) is 2.65. The summed E-state index contributed by atoms with van der Waals surface area (Å²) in [6.45, 7) is 0.635. The summed E-state index contributed by atoms with van der Waals surface area (Å²) in [5, 5.41) is 9.07. The Balaban J connectivity index is 1.66. The van der Waals surface area contributed by atoms with Gasteiger partial charge in [-0.3, -0.25) is 4.79 Å². The molecule has 0 fully saturated rings. The standard InChI is InChI=1S/C20H19N3O2/c21-13-5-1-2-6-14-25-16-11-9-15(10-12-16)19-22-18-8-4-3-7-17(18)20(24)23-19/h3-4,7-12H,1-2,5-6,14H2,(H,22,23,24). The van der Waals surface area contributed by atoms with Gasteiger partial charge in [-0.1, -0.05) is 12.1 Å². The molecule has 3 rings (SSSR count). The minimum Gasteiger partial charge on any atom is -0.494 e. The molecule has 0 atom stereocenters. The molecule has 0 saturated heterocycles. The lowest BCUT2D eigenvalue weighted by Gasteiger charge is -2.07. The number of ether oxygens (including phenoxy) is 1. The Hall–Kier alpha value is -3.13. The van der Waals surface area contributed by atoms with Gasteiger partial charge in [0.15, 0.2) is 0 Å². The SMILES string of the molecule is N#CCCCCCOc1ccc(-c2nc3ccccc3c(=O)[nH]2)cc1. The third kappa shape index (κ3) is 4.24. The van der Waals surface area contributed by atoms with Crippen LogP contribution in [0.1, 0.15) is 25.7 Å². The van der Waals surface area contributed by atoms with E-state index in [2.05, 4.69) is 16.0 Å². The molecule has 126 valence electrons. The Bertz CT molecular complexity index is 940. The summed E-state index contributed by atoms with van der Waals surface area (Å²) in [5.74, 6) is 1.33. The minimum absolute atomic E-state index is 0.140. The molecule has 0 saturated carbocycles. The molecule has 0 aliphatic rings. The number of para-hydroxylation sites is 1. The summed E-state index contributed by atoms with van der Waals surface area (Å²) < 4.78 is 5.70. The first-order valence-corrected chi connectivity index (χ1v) is 8.37. The quantitative estimate of drug-likeness (QED) is 0.662. The van der Waals surface area contributed by atoms with Crippen LogP contribution in [0.25, 0.3) is 22.3 Å². The highest BCUT2D eigenvalue weighted by atomic mass is 16.5. The second-order valence-electron chi connectivity index (χ2n) is 5.77. The largest absolute Gasteiger partial charge is 0.494 e. The van der Waals surface area contributed by atoms with E-state index in [-0.39, 0.29) is 5.56 Å². The van der Waals surface area contributed by atoms with Crippen molar-refractivity contribution in [2.75, 3.05) is 6.61 Å². The number of fused-ring (bicyclic) bond motifs is 1. The molecule has 3 aromatic rings. The normalized spacial score (nSPS) is 10.5. The van der Waals surface area contributed by atoms with E-state index in [4.69, 9.17) is 10.00 Å². The van der Waals surface area contributed by atoms with E-state index >= 15 is 0 Å². The van der Waals surface area contributed by atoms with Crippen molar-refractivity contribution in [2.24, 2.45) is 0 Å². The topological polar surface area (TPSA) is 78.8 Å². The Morgan fingerprint density at radius 2 is 1.84 bits per heavy atom. The van der Waals surface area contributed by atoms with Crippen LogP contribution in [0.2, 0.25) is 0 Å². The van der Waals surface area contributed by atoms with Gasteiger partial charge in [0.1, 0.15) is 11.6 Å². The van der Waals surface area contributed by atoms with Crippen molar-refractivity contribution in [2.45, 2.75) is 25.7 Å². The van der Waals surface area contributed by atoms with E-state index in [0.29, 0.717) is 29.8 Å². The number of aromatic amines is 1. The number of unbranched alkanes of at least 4 members (excludes halogenated alkanes) is 3. The number of hydrogen-bond donors (Lipinski definition) is 1. The van der Waals surface area contributed by atoms with Crippen LogP contribution in [-0.2, 0) is 0 Å². The second kappa shape index (κ2) is 8.11. The van der Waals surface area contributed by atoms with E-state index in [1.165, 1.54) is 0 Å². The van der Waals surface area contributed by atoms with Crippen molar-refractivity contribution < 1.29 is 4.74 Å². The lowest BCUT2D eigenvalue weighted by molar-refractivity contribution is 0.305. The second-order valence-corrected chi connectivity index (χ2v) is 5.77.